The summed E-state index contributed by atoms with van der Waals surface area (Å²) in [7, 11) is 0. The fourth-order valence-electron chi connectivity index (χ4n) is 2.79. The molecule has 0 spiro atoms. The van der Waals surface area contributed by atoms with Crippen LogP contribution in [0.3, 0.4) is 0 Å². The highest BCUT2D eigenvalue weighted by Gasteiger charge is 2.48. The third-order valence-electron chi connectivity index (χ3n) is 4.43. The van der Waals surface area contributed by atoms with Gasteiger partial charge in [-0.05, 0) is 29.6 Å². The summed E-state index contributed by atoms with van der Waals surface area (Å²) >= 11 is 0. The third kappa shape index (κ3) is 1.41. The molecule has 12 heavy (non-hydrogen) atoms. The topological polar surface area (TPSA) is 0 Å². The summed E-state index contributed by atoms with van der Waals surface area (Å²) in [6, 6.07) is 0. The molecular formula is C12H24. The lowest BCUT2D eigenvalue weighted by Crippen LogP contribution is -2.47. The lowest BCUT2D eigenvalue weighted by molar-refractivity contribution is -0.0578. The van der Waals surface area contributed by atoms with Crippen molar-refractivity contribution >= 4 is 0 Å². The van der Waals surface area contributed by atoms with Gasteiger partial charge in [-0.15, -0.1) is 0 Å². The SMILES string of the molecule is CCCC1CC(C)(C(C)C)C1C. The predicted octanol–water partition coefficient (Wildman–Crippen LogP) is 4.10. The van der Waals surface area contributed by atoms with E-state index in [1.54, 1.807) is 0 Å². The molecule has 0 aromatic heterocycles. The average molecular weight is 168 g/mol. The van der Waals surface area contributed by atoms with Crippen LogP contribution in [-0.2, 0) is 0 Å². The Balaban J connectivity index is 2.46. The number of hydrogen-bond donors (Lipinski definition) is 0. The first kappa shape index (κ1) is 10.1. The lowest BCUT2D eigenvalue weighted by Gasteiger charge is -2.55. The third-order valence-corrected chi connectivity index (χ3v) is 4.43. The first-order valence-corrected chi connectivity index (χ1v) is 5.52. The first-order valence-electron chi connectivity index (χ1n) is 5.52. The van der Waals surface area contributed by atoms with Gasteiger partial charge < -0.3 is 0 Å². The van der Waals surface area contributed by atoms with Crippen molar-refractivity contribution in [3.63, 3.8) is 0 Å². The molecule has 0 aromatic rings. The molecule has 1 aliphatic carbocycles. The van der Waals surface area contributed by atoms with E-state index in [0.717, 1.165) is 17.8 Å². The summed E-state index contributed by atoms with van der Waals surface area (Å²) in [6.45, 7) is 12.0. The second-order valence-corrected chi connectivity index (χ2v) is 5.20. The van der Waals surface area contributed by atoms with Crippen molar-refractivity contribution in [3.05, 3.63) is 0 Å². The van der Waals surface area contributed by atoms with Crippen molar-refractivity contribution < 1.29 is 0 Å². The van der Waals surface area contributed by atoms with Crippen LogP contribution in [0.5, 0.6) is 0 Å². The Hall–Kier alpha value is 0. The molecule has 0 aromatic carbocycles. The van der Waals surface area contributed by atoms with E-state index >= 15 is 0 Å². The molecule has 1 saturated carbocycles. The van der Waals surface area contributed by atoms with Crippen LogP contribution >= 0.6 is 0 Å². The van der Waals surface area contributed by atoms with Gasteiger partial charge >= 0.3 is 0 Å². The summed E-state index contributed by atoms with van der Waals surface area (Å²) < 4.78 is 0. The minimum atomic E-state index is 0.653. The molecule has 0 bridgehead atoms. The Morgan fingerprint density at radius 3 is 2.33 bits per heavy atom. The molecule has 0 amide bonds. The predicted molar refractivity (Wildman–Crippen MR) is 55.1 cm³/mol. The van der Waals surface area contributed by atoms with Gasteiger partial charge in [-0.3, -0.25) is 0 Å². The van der Waals surface area contributed by atoms with Gasteiger partial charge in [0.05, 0.1) is 0 Å². The van der Waals surface area contributed by atoms with E-state index in [1.165, 1.54) is 19.3 Å². The molecule has 0 radical (unpaired) electrons. The second kappa shape index (κ2) is 3.40. The molecule has 1 fully saturated rings. The molecule has 0 nitrogen and oxygen atoms in total. The van der Waals surface area contributed by atoms with Gasteiger partial charge in [0.25, 0.3) is 0 Å². The maximum absolute atomic E-state index is 2.47. The summed E-state index contributed by atoms with van der Waals surface area (Å²) in [5.74, 6) is 2.85. The van der Waals surface area contributed by atoms with Gasteiger partial charge in [-0.2, -0.15) is 0 Å². The summed E-state index contributed by atoms with van der Waals surface area (Å²) in [6.07, 6.45) is 4.28. The van der Waals surface area contributed by atoms with Crippen LogP contribution in [-0.4, -0.2) is 0 Å². The van der Waals surface area contributed by atoms with Crippen LogP contribution < -0.4 is 0 Å². The maximum atomic E-state index is 2.47. The quantitative estimate of drug-likeness (QED) is 0.595. The average Bonchev–Trinajstić information content (AvgIpc) is 2.03. The monoisotopic (exact) mass is 168 g/mol. The largest absolute Gasteiger partial charge is 0.0654 e. The van der Waals surface area contributed by atoms with Gasteiger partial charge in [0.1, 0.15) is 0 Å². The van der Waals surface area contributed by atoms with Crippen LogP contribution in [0.1, 0.15) is 53.9 Å². The second-order valence-electron chi connectivity index (χ2n) is 5.20. The highest BCUT2D eigenvalue weighted by molar-refractivity contribution is 4.97. The van der Waals surface area contributed by atoms with Gasteiger partial charge in [0.2, 0.25) is 0 Å². The zero-order valence-electron chi connectivity index (χ0n) is 9.35. The van der Waals surface area contributed by atoms with Gasteiger partial charge in [0, 0.05) is 0 Å². The van der Waals surface area contributed by atoms with Crippen LogP contribution in [0.4, 0.5) is 0 Å². The molecule has 1 rings (SSSR count). The number of rotatable bonds is 3. The van der Waals surface area contributed by atoms with E-state index in [1.807, 2.05) is 0 Å². The highest BCUT2D eigenvalue weighted by atomic mass is 14.5. The first-order chi connectivity index (χ1) is 5.52. The van der Waals surface area contributed by atoms with E-state index in [-0.39, 0.29) is 0 Å². The lowest BCUT2D eigenvalue weighted by atomic mass is 9.50. The summed E-state index contributed by atoms with van der Waals surface area (Å²) in [5.41, 5.74) is 0.653. The fraction of sp³-hybridized carbons (Fsp3) is 1.00. The van der Waals surface area contributed by atoms with Gasteiger partial charge in [-0.25, -0.2) is 0 Å². The minimum absolute atomic E-state index is 0.653. The molecular weight excluding hydrogens is 144 g/mol. The van der Waals surface area contributed by atoms with Crippen molar-refractivity contribution in [3.8, 4) is 0 Å². The van der Waals surface area contributed by atoms with E-state index in [4.69, 9.17) is 0 Å². The van der Waals surface area contributed by atoms with E-state index < -0.39 is 0 Å². The van der Waals surface area contributed by atoms with Crippen molar-refractivity contribution in [2.45, 2.75) is 53.9 Å². The minimum Gasteiger partial charge on any atom is -0.0654 e. The molecule has 0 saturated heterocycles. The maximum Gasteiger partial charge on any atom is -0.0272 e. The normalized spacial score (nSPS) is 41.5. The Kier molecular flexibility index (Phi) is 2.85. The standard InChI is InChI=1S/C12H24/c1-6-7-11-8-12(5,9(2)3)10(11)4/h9-11H,6-8H2,1-5H3. The van der Waals surface area contributed by atoms with E-state index in [2.05, 4.69) is 34.6 Å². The number of hydrogen-bond acceptors (Lipinski definition) is 0. The Bertz CT molecular complexity index is 148. The summed E-state index contributed by atoms with van der Waals surface area (Å²) in [5, 5.41) is 0. The van der Waals surface area contributed by atoms with Crippen LogP contribution in [0, 0.1) is 23.2 Å². The van der Waals surface area contributed by atoms with Crippen LogP contribution in [0.25, 0.3) is 0 Å². The van der Waals surface area contributed by atoms with Gasteiger partial charge in [-0.1, -0.05) is 47.5 Å². The van der Waals surface area contributed by atoms with Crippen LogP contribution in [0.2, 0.25) is 0 Å². The molecule has 0 heterocycles. The molecule has 3 atom stereocenters. The van der Waals surface area contributed by atoms with Gasteiger partial charge in [0.15, 0.2) is 0 Å². The van der Waals surface area contributed by atoms with Crippen LogP contribution in [0.15, 0.2) is 0 Å². The van der Waals surface area contributed by atoms with Crippen molar-refractivity contribution in [2.75, 3.05) is 0 Å². The zero-order chi connectivity index (χ0) is 9.35. The molecule has 0 aliphatic heterocycles. The zero-order valence-corrected chi connectivity index (χ0v) is 9.35. The molecule has 72 valence electrons. The Morgan fingerprint density at radius 2 is 2.00 bits per heavy atom. The Labute approximate surface area is 77.7 Å². The molecule has 1 aliphatic rings. The van der Waals surface area contributed by atoms with E-state index in [0.29, 0.717) is 5.41 Å². The summed E-state index contributed by atoms with van der Waals surface area (Å²) in [4.78, 5) is 0. The van der Waals surface area contributed by atoms with E-state index in [9.17, 15) is 0 Å². The fourth-order valence-corrected chi connectivity index (χ4v) is 2.79. The van der Waals surface area contributed by atoms with Crippen molar-refractivity contribution in [2.24, 2.45) is 23.2 Å². The highest BCUT2D eigenvalue weighted by Crippen LogP contribution is 2.56. The molecule has 0 heteroatoms. The Morgan fingerprint density at radius 1 is 1.42 bits per heavy atom. The molecule has 0 N–H and O–H groups in total. The van der Waals surface area contributed by atoms with Crippen molar-refractivity contribution in [1.29, 1.82) is 0 Å². The van der Waals surface area contributed by atoms with Crippen molar-refractivity contribution in [1.82, 2.24) is 0 Å². The smallest absolute Gasteiger partial charge is 0.0272 e. The molecule has 3 unspecified atom stereocenters.